The molecule has 0 aliphatic heterocycles. The fraction of sp³-hybridized carbons (Fsp3) is 1.00. The molecular weight excluding hydrogens is 194 g/mol. The van der Waals surface area contributed by atoms with Crippen molar-refractivity contribution in [1.82, 2.24) is 5.32 Å². The first kappa shape index (κ1) is 14.3. The Morgan fingerprint density at radius 2 is 2.00 bits per heavy atom. The molecule has 3 atom stereocenters. The Balaban J connectivity index is 3.79. The van der Waals surface area contributed by atoms with Crippen molar-refractivity contribution in [2.75, 3.05) is 18.6 Å². The molecule has 86 valence electrons. The molecule has 14 heavy (non-hydrogen) atoms. The third kappa shape index (κ3) is 5.89. The number of hydrogen-bond donors (Lipinski definition) is 2. The second-order valence-corrected chi connectivity index (χ2v) is 4.99. The number of aliphatic hydroxyl groups excluding tert-OH is 1. The van der Waals surface area contributed by atoms with Gasteiger partial charge >= 0.3 is 0 Å². The van der Waals surface area contributed by atoms with E-state index in [9.17, 15) is 5.11 Å². The molecule has 0 aliphatic carbocycles. The van der Waals surface area contributed by atoms with Crippen molar-refractivity contribution in [3.63, 3.8) is 0 Å². The average molecular weight is 219 g/mol. The fourth-order valence-corrected chi connectivity index (χ4v) is 1.90. The molecule has 0 amide bonds. The van der Waals surface area contributed by atoms with E-state index >= 15 is 0 Å². The van der Waals surface area contributed by atoms with Crippen LogP contribution >= 0.6 is 11.8 Å². The smallest absolute Gasteiger partial charge is 0.0585 e. The molecule has 3 heteroatoms. The average Bonchev–Trinajstić information content (AvgIpc) is 2.22. The van der Waals surface area contributed by atoms with Crippen molar-refractivity contribution in [3.05, 3.63) is 0 Å². The molecule has 2 nitrogen and oxygen atoms in total. The van der Waals surface area contributed by atoms with E-state index in [1.54, 1.807) is 0 Å². The van der Waals surface area contributed by atoms with Crippen LogP contribution in [0.2, 0.25) is 0 Å². The van der Waals surface area contributed by atoms with E-state index in [2.05, 4.69) is 32.3 Å². The van der Waals surface area contributed by atoms with Gasteiger partial charge in [0, 0.05) is 12.1 Å². The molecule has 0 fully saturated rings. The van der Waals surface area contributed by atoms with Crippen molar-refractivity contribution in [2.45, 2.75) is 45.7 Å². The maximum absolute atomic E-state index is 9.18. The van der Waals surface area contributed by atoms with E-state index in [1.165, 1.54) is 6.42 Å². The molecule has 0 spiro atoms. The van der Waals surface area contributed by atoms with Crippen molar-refractivity contribution in [1.29, 1.82) is 0 Å². The second-order valence-electron chi connectivity index (χ2n) is 4.00. The molecule has 2 N–H and O–H groups in total. The summed E-state index contributed by atoms with van der Waals surface area (Å²) in [5, 5.41) is 12.7. The number of hydrogen-bond acceptors (Lipinski definition) is 3. The minimum atomic E-state index is 0.251. The summed E-state index contributed by atoms with van der Waals surface area (Å²) in [6, 6.07) is 0.769. The maximum atomic E-state index is 9.18. The van der Waals surface area contributed by atoms with Gasteiger partial charge in [0.15, 0.2) is 0 Å². The van der Waals surface area contributed by atoms with Crippen LogP contribution < -0.4 is 5.32 Å². The monoisotopic (exact) mass is 219 g/mol. The van der Waals surface area contributed by atoms with E-state index in [0.29, 0.717) is 12.0 Å². The number of nitrogens with one attached hydrogen (secondary N) is 1. The Kier molecular flexibility index (Phi) is 8.73. The SMILES string of the molecule is CCC(C)C(C)NC(CO)CCSC. The second kappa shape index (κ2) is 8.57. The molecule has 0 aromatic heterocycles. The minimum absolute atomic E-state index is 0.251. The van der Waals surface area contributed by atoms with Gasteiger partial charge in [-0.15, -0.1) is 0 Å². The van der Waals surface area contributed by atoms with Crippen LogP contribution in [0, 0.1) is 5.92 Å². The van der Waals surface area contributed by atoms with Crippen molar-refractivity contribution in [3.8, 4) is 0 Å². The highest BCUT2D eigenvalue weighted by molar-refractivity contribution is 7.98. The normalized spacial score (nSPS) is 17.8. The first-order valence-electron chi connectivity index (χ1n) is 5.51. The maximum Gasteiger partial charge on any atom is 0.0585 e. The molecule has 0 aromatic rings. The summed E-state index contributed by atoms with van der Waals surface area (Å²) >= 11 is 1.84. The summed E-state index contributed by atoms with van der Waals surface area (Å²) in [7, 11) is 0. The Morgan fingerprint density at radius 1 is 1.36 bits per heavy atom. The molecule has 0 radical (unpaired) electrons. The zero-order valence-corrected chi connectivity index (χ0v) is 10.7. The summed E-state index contributed by atoms with van der Waals surface area (Å²) < 4.78 is 0. The number of thioether (sulfide) groups is 1. The van der Waals surface area contributed by atoms with Crippen LogP contribution in [-0.4, -0.2) is 35.8 Å². The van der Waals surface area contributed by atoms with Crippen molar-refractivity contribution < 1.29 is 5.11 Å². The van der Waals surface area contributed by atoms with Crippen molar-refractivity contribution in [2.24, 2.45) is 5.92 Å². The molecule has 0 saturated heterocycles. The third-order valence-corrected chi connectivity index (χ3v) is 3.53. The van der Waals surface area contributed by atoms with Crippen LogP contribution in [0.1, 0.15) is 33.6 Å². The first-order valence-corrected chi connectivity index (χ1v) is 6.90. The van der Waals surface area contributed by atoms with Gasteiger partial charge in [-0.3, -0.25) is 0 Å². The van der Waals surface area contributed by atoms with Crippen LogP contribution in [0.5, 0.6) is 0 Å². The van der Waals surface area contributed by atoms with Gasteiger partial charge in [0.2, 0.25) is 0 Å². The van der Waals surface area contributed by atoms with Crippen LogP contribution in [0.3, 0.4) is 0 Å². The lowest BCUT2D eigenvalue weighted by atomic mass is 10.00. The van der Waals surface area contributed by atoms with Gasteiger partial charge in [-0.2, -0.15) is 11.8 Å². The number of rotatable bonds is 8. The van der Waals surface area contributed by atoms with Crippen LogP contribution in [0.4, 0.5) is 0 Å². The van der Waals surface area contributed by atoms with Gasteiger partial charge in [-0.25, -0.2) is 0 Å². The molecule has 0 saturated carbocycles. The summed E-state index contributed by atoms with van der Waals surface area (Å²) in [5.41, 5.74) is 0. The van der Waals surface area contributed by atoms with Gasteiger partial charge in [-0.05, 0) is 31.3 Å². The molecule has 3 unspecified atom stereocenters. The highest BCUT2D eigenvalue weighted by atomic mass is 32.2. The quantitative estimate of drug-likeness (QED) is 0.656. The summed E-state index contributed by atoms with van der Waals surface area (Å²) in [4.78, 5) is 0. The highest BCUT2D eigenvalue weighted by Crippen LogP contribution is 2.09. The van der Waals surface area contributed by atoms with Crippen LogP contribution in [-0.2, 0) is 0 Å². The molecule has 0 bridgehead atoms. The van der Waals surface area contributed by atoms with E-state index in [1.807, 2.05) is 11.8 Å². The predicted octanol–water partition coefficient (Wildman–Crippen LogP) is 2.12. The summed E-state index contributed by atoms with van der Waals surface area (Å²) in [6.07, 6.45) is 4.35. The molecular formula is C11H25NOS. The Bertz CT molecular complexity index is 132. The van der Waals surface area contributed by atoms with E-state index in [4.69, 9.17) is 0 Å². The van der Waals surface area contributed by atoms with Gasteiger partial charge < -0.3 is 10.4 Å². The van der Waals surface area contributed by atoms with Crippen LogP contribution in [0.15, 0.2) is 0 Å². The van der Waals surface area contributed by atoms with Crippen LogP contribution in [0.25, 0.3) is 0 Å². The topological polar surface area (TPSA) is 32.3 Å². The molecule has 0 aliphatic rings. The highest BCUT2D eigenvalue weighted by Gasteiger charge is 2.14. The van der Waals surface area contributed by atoms with Crippen molar-refractivity contribution >= 4 is 11.8 Å². The largest absolute Gasteiger partial charge is 0.395 e. The summed E-state index contributed by atoms with van der Waals surface area (Å²) in [6.45, 7) is 6.91. The van der Waals surface area contributed by atoms with E-state index < -0.39 is 0 Å². The number of aliphatic hydroxyl groups is 1. The standard InChI is InChI=1S/C11H25NOS/c1-5-9(2)10(3)12-11(8-13)6-7-14-4/h9-13H,5-8H2,1-4H3. The molecule has 0 heterocycles. The zero-order valence-electron chi connectivity index (χ0n) is 9.92. The zero-order chi connectivity index (χ0) is 11.0. The van der Waals surface area contributed by atoms with E-state index in [-0.39, 0.29) is 12.6 Å². The van der Waals surface area contributed by atoms with Gasteiger partial charge in [0.1, 0.15) is 0 Å². The van der Waals surface area contributed by atoms with Gasteiger partial charge in [0.05, 0.1) is 6.61 Å². The lowest BCUT2D eigenvalue weighted by molar-refractivity contribution is 0.217. The van der Waals surface area contributed by atoms with E-state index in [0.717, 1.165) is 12.2 Å². The minimum Gasteiger partial charge on any atom is -0.395 e. The Hall–Kier alpha value is 0.270. The molecule has 0 aromatic carbocycles. The predicted molar refractivity (Wildman–Crippen MR) is 65.9 cm³/mol. The molecule has 0 rings (SSSR count). The lowest BCUT2D eigenvalue weighted by Gasteiger charge is -2.25. The Morgan fingerprint density at radius 3 is 2.43 bits per heavy atom. The van der Waals surface area contributed by atoms with Gasteiger partial charge in [0.25, 0.3) is 0 Å². The first-order chi connectivity index (χ1) is 6.65. The fourth-order valence-electron chi connectivity index (χ4n) is 1.38. The third-order valence-electron chi connectivity index (χ3n) is 2.89. The Labute approximate surface area is 92.9 Å². The lowest BCUT2D eigenvalue weighted by Crippen LogP contribution is -2.42. The summed E-state index contributed by atoms with van der Waals surface area (Å²) in [5.74, 6) is 1.80. The van der Waals surface area contributed by atoms with Gasteiger partial charge in [-0.1, -0.05) is 20.3 Å².